The van der Waals surface area contributed by atoms with Crippen LogP contribution in [0.2, 0.25) is 0 Å². The average molecular weight is 268 g/mol. The average Bonchev–Trinajstić information content (AvgIpc) is 0. The fraction of sp³-hybridized carbons (Fsp3) is 0. The minimum Gasteiger partial charge on any atom is -1.00 e. The van der Waals surface area contributed by atoms with Gasteiger partial charge in [0, 0.05) is 20.1 Å². The Morgan fingerprint density at radius 2 is 0.400 bits per heavy atom. The standard InChI is InChI=1S/4FH.Ir/h4*1H;/p-4. The van der Waals surface area contributed by atoms with E-state index in [9.17, 15) is 0 Å². The quantitative estimate of drug-likeness (QED) is 0.383. The van der Waals surface area contributed by atoms with Crippen LogP contribution in [0.3, 0.4) is 0 Å². The zero-order valence-electron chi connectivity index (χ0n) is 1.85. The first-order valence-electron chi connectivity index (χ1n) is 0. The van der Waals surface area contributed by atoms with Gasteiger partial charge < -0.3 is 18.8 Å². The molecule has 0 saturated heterocycles. The summed E-state index contributed by atoms with van der Waals surface area (Å²) in [6.45, 7) is 0. The molecule has 0 aliphatic rings. The van der Waals surface area contributed by atoms with Gasteiger partial charge in [0.15, 0.2) is 0 Å². The van der Waals surface area contributed by atoms with Gasteiger partial charge in [-0.1, -0.05) is 0 Å². The molecule has 41 valence electrons. The maximum Gasteiger partial charge on any atom is 0 e. The molecule has 0 fully saturated rings. The van der Waals surface area contributed by atoms with Crippen molar-refractivity contribution in [2.75, 3.05) is 0 Å². The first kappa shape index (κ1) is 751. The number of hydrogen-bond acceptors (Lipinski definition) is 0. The van der Waals surface area contributed by atoms with E-state index in [4.69, 9.17) is 0 Å². The van der Waals surface area contributed by atoms with Crippen LogP contribution in [0.5, 0.6) is 0 Å². The summed E-state index contributed by atoms with van der Waals surface area (Å²) >= 11 is 0. The number of halogens is 4. The van der Waals surface area contributed by atoms with E-state index in [1.54, 1.807) is 0 Å². The second kappa shape index (κ2) is 364. The Hall–Kier alpha value is 0.369. The van der Waals surface area contributed by atoms with Crippen molar-refractivity contribution in [1.82, 2.24) is 0 Å². The Morgan fingerprint density at radius 1 is 0.400 bits per heavy atom. The molecule has 0 N–H and O–H groups in total. The zero-order chi connectivity index (χ0) is 0. The molecule has 0 aromatic heterocycles. The van der Waals surface area contributed by atoms with E-state index >= 15 is 0 Å². The molecule has 0 bridgehead atoms. The molecule has 0 unspecified atom stereocenters. The Kier molecular flexibility index (Phi) is 54600. The summed E-state index contributed by atoms with van der Waals surface area (Å²) in [6.07, 6.45) is 0. The zero-order valence-corrected chi connectivity index (χ0v) is 4.24. The first-order valence-corrected chi connectivity index (χ1v) is 0. The third kappa shape index (κ3) is 180. The smallest absolute Gasteiger partial charge is 0 e. The molecule has 1 radical (unpaired) electrons. The molecule has 0 aliphatic heterocycles. The Morgan fingerprint density at radius 3 is 0.400 bits per heavy atom. The van der Waals surface area contributed by atoms with E-state index in [1.165, 1.54) is 0 Å². The van der Waals surface area contributed by atoms with Crippen LogP contribution in [-0.2, 0) is 20.1 Å². The van der Waals surface area contributed by atoms with Gasteiger partial charge in [0.2, 0.25) is 0 Å². The predicted octanol–water partition coefficient (Wildman–Crippen LogP) is -12.0. The van der Waals surface area contributed by atoms with Gasteiger partial charge in [-0.25, -0.2) is 0 Å². The van der Waals surface area contributed by atoms with Gasteiger partial charge >= 0.3 is 0 Å². The van der Waals surface area contributed by atoms with Gasteiger partial charge in [0.25, 0.3) is 0 Å². The summed E-state index contributed by atoms with van der Waals surface area (Å²) in [6, 6.07) is 0. The van der Waals surface area contributed by atoms with Crippen molar-refractivity contribution in [2.45, 2.75) is 0 Å². The van der Waals surface area contributed by atoms with Gasteiger partial charge in [0.1, 0.15) is 0 Å². The monoisotopic (exact) mass is 269 g/mol. The van der Waals surface area contributed by atoms with Crippen molar-refractivity contribution in [1.29, 1.82) is 0 Å². The molecule has 5 heavy (non-hydrogen) atoms. The fourth-order valence-corrected chi connectivity index (χ4v) is 0. The normalized spacial score (nSPS) is 0. The van der Waals surface area contributed by atoms with Gasteiger partial charge in [-0.2, -0.15) is 0 Å². The molecule has 0 heterocycles. The summed E-state index contributed by atoms with van der Waals surface area (Å²) in [7, 11) is 0. The molecule has 0 aromatic rings. The molecular weight excluding hydrogens is 268 g/mol. The van der Waals surface area contributed by atoms with Gasteiger partial charge in [-0.05, 0) is 0 Å². The molecule has 0 aliphatic carbocycles. The molecule has 0 atom stereocenters. The Balaban J connectivity index is 0. The second-order valence-corrected chi connectivity index (χ2v) is 0. The number of hydrogen-bond donors (Lipinski definition) is 0. The topological polar surface area (TPSA) is 0 Å². The third-order valence-electron chi connectivity index (χ3n) is 0. The van der Waals surface area contributed by atoms with Crippen LogP contribution in [0.1, 0.15) is 0 Å². The van der Waals surface area contributed by atoms with Gasteiger partial charge in [-0.3, -0.25) is 0 Å². The molecule has 0 saturated carbocycles. The fourth-order valence-electron chi connectivity index (χ4n) is 0. The van der Waals surface area contributed by atoms with Crippen LogP contribution in [0.4, 0.5) is 0 Å². The molecule has 0 nitrogen and oxygen atoms in total. The summed E-state index contributed by atoms with van der Waals surface area (Å²) in [5.74, 6) is 0. The van der Waals surface area contributed by atoms with E-state index in [-0.39, 0.29) is 38.9 Å². The van der Waals surface area contributed by atoms with E-state index < -0.39 is 0 Å². The third-order valence-corrected chi connectivity index (χ3v) is 0. The number of rotatable bonds is 0. The maximum absolute atomic E-state index is 0. The minimum atomic E-state index is 0. The summed E-state index contributed by atoms with van der Waals surface area (Å²) in [5.41, 5.74) is 0. The van der Waals surface area contributed by atoms with E-state index in [0.29, 0.717) is 0 Å². The molecule has 5 heteroatoms. The van der Waals surface area contributed by atoms with Crippen LogP contribution < -0.4 is 18.8 Å². The molecular formula is F4Ir-4. The van der Waals surface area contributed by atoms with Gasteiger partial charge in [-0.15, -0.1) is 0 Å². The van der Waals surface area contributed by atoms with Crippen LogP contribution >= 0.6 is 0 Å². The molecule has 0 aromatic carbocycles. The summed E-state index contributed by atoms with van der Waals surface area (Å²) < 4.78 is 0. The van der Waals surface area contributed by atoms with Crippen LogP contribution in [-0.4, -0.2) is 0 Å². The molecule has 0 spiro atoms. The van der Waals surface area contributed by atoms with Crippen molar-refractivity contribution < 1.29 is 38.9 Å². The molecule has 0 amide bonds. The Labute approximate surface area is 39.8 Å². The van der Waals surface area contributed by atoms with Crippen molar-refractivity contribution in [2.24, 2.45) is 0 Å². The van der Waals surface area contributed by atoms with E-state index in [0.717, 1.165) is 0 Å². The molecule has 0 rings (SSSR count). The van der Waals surface area contributed by atoms with Crippen LogP contribution in [0.15, 0.2) is 0 Å². The SMILES string of the molecule is [F-].[F-].[F-].[F-].[Ir]. The maximum atomic E-state index is 0. The van der Waals surface area contributed by atoms with Crippen molar-refractivity contribution in [3.8, 4) is 0 Å². The summed E-state index contributed by atoms with van der Waals surface area (Å²) in [4.78, 5) is 0. The van der Waals surface area contributed by atoms with Gasteiger partial charge in [0.05, 0.1) is 0 Å². The largest absolute Gasteiger partial charge is 1.00 e. The predicted molar refractivity (Wildman–Crippen MR) is 0 cm³/mol. The summed E-state index contributed by atoms with van der Waals surface area (Å²) in [5, 5.41) is 0. The van der Waals surface area contributed by atoms with Crippen molar-refractivity contribution in [3.63, 3.8) is 0 Å². The van der Waals surface area contributed by atoms with E-state index in [2.05, 4.69) is 0 Å². The Bertz CT molecular complexity index is 3.61. The van der Waals surface area contributed by atoms with Crippen LogP contribution in [0, 0.1) is 0 Å². The first-order chi connectivity index (χ1) is 0. The minimum absolute atomic E-state index is 0. The van der Waals surface area contributed by atoms with Crippen LogP contribution in [0.25, 0.3) is 0 Å². The van der Waals surface area contributed by atoms with Crippen molar-refractivity contribution >= 4 is 0 Å². The van der Waals surface area contributed by atoms with E-state index in [1.807, 2.05) is 0 Å². The second-order valence-electron chi connectivity index (χ2n) is 0. The van der Waals surface area contributed by atoms with Crippen molar-refractivity contribution in [3.05, 3.63) is 0 Å².